The molecule has 1 aromatic rings. The Morgan fingerprint density at radius 3 is 3.00 bits per heavy atom. The predicted molar refractivity (Wildman–Crippen MR) is 79.4 cm³/mol. The monoisotopic (exact) mass is 325 g/mol. The summed E-state index contributed by atoms with van der Waals surface area (Å²) in [6, 6.07) is 6.46. The molecule has 0 atom stereocenters. The molecule has 1 aromatic carbocycles. The van der Waals surface area contributed by atoms with Gasteiger partial charge in [0.05, 0.1) is 6.61 Å². The van der Waals surface area contributed by atoms with E-state index in [4.69, 9.17) is 4.74 Å². The highest BCUT2D eigenvalue weighted by Crippen LogP contribution is 2.22. The number of hydrogen-bond acceptors (Lipinski definition) is 2. The van der Waals surface area contributed by atoms with Crippen LogP contribution in [0.1, 0.15) is 36.5 Å². The van der Waals surface area contributed by atoms with E-state index in [1.165, 1.54) is 16.7 Å². The van der Waals surface area contributed by atoms with Crippen molar-refractivity contribution < 1.29 is 9.53 Å². The topological polar surface area (TPSA) is 29.5 Å². The summed E-state index contributed by atoms with van der Waals surface area (Å²) in [5, 5.41) is 0.878. The van der Waals surface area contributed by atoms with Crippen LogP contribution >= 0.6 is 15.9 Å². The Kier molecular flexibility index (Phi) is 5.25. The minimum absolute atomic E-state index is 0.177. The molecule has 104 valence electrons. The molecule has 1 aliphatic rings. The Morgan fingerprint density at radius 2 is 2.26 bits per heavy atom. The minimum atomic E-state index is -0.177. The van der Waals surface area contributed by atoms with Crippen LogP contribution in [0.5, 0.6) is 0 Å². The van der Waals surface area contributed by atoms with Crippen LogP contribution < -0.4 is 0 Å². The Balaban J connectivity index is 1.96. The SMILES string of the molecule is CCCCOC(=O)N1CCc2cc(CBr)ccc2C1. The summed E-state index contributed by atoms with van der Waals surface area (Å²) in [6.07, 6.45) is 2.72. The summed E-state index contributed by atoms with van der Waals surface area (Å²) >= 11 is 3.47. The predicted octanol–water partition coefficient (Wildman–Crippen LogP) is 3.88. The van der Waals surface area contributed by atoms with Crippen LogP contribution in [0.2, 0.25) is 0 Å². The van der Waals surface area contributed by atoms with Crippen molar-refractivity contribution in [2.45, 2.75) is 38.1 Å². The quantitative estimate of drug-likeness (QED) is 0.621. The van der Waals surface area contributed by atoms with Gasteiger partial charge in [-0.15, -0.1) is 0 Å². The van der Waals surface area contributed by atoms with Gasteiger partial charge in [-0.05, 0) is 29.5 Å². The number of alkyl halides is 1. The summed E-state index contributed by atoms with van der Waals surface area (Å²) in [5.41, 5.74) is 3.88. The second-order valence-electron chi connectivity index (χ2n) is 4.88. The second-order valence-corrected chi connectivity index (χ2v) is 5.44. The lowest BCUT2D eigenvalue weighted by Crippen LogP contribution is -2.36. The molecule has 4 heteroatoms. The van der Waals surface area contributed by atoms with Crippen molar-refractivity contribution in [3.63, 3.8) is 0 Å². The van der Waals surface area contributed by atoms with Gasteiger partial charge in [-0.3, -0.25) is 0 Å². The van der Waals surface area contributed by atoms with Crippen molar-refractivity contribution in [1.29, 1.82) is 0 Å². The van der Waals surface area contributed by atoms with Crippen LogP contribution in [0.3, 0.4) is 0 Å². The van der Waals surface area contributed by atoms with Crippen LogP contribution in [0.15, 0.2) is 18.2 Å². The largest absolute Gasteiger partial charge is 0.449 e. The highest BCUT2D eigenvalue weighted by Gasteiger charge is 2.21. The fourth-order valence-corrected chi connectivity index (χ4v) is 2.59. The summed E-state index contributed by atoms with van der Waals surface area (Å²) < 4.78 is 5.26. The maximum Gasteiger partial charge on any atom is 0.410 e. The second kappa shape index (κ2) is 6.94. The van der Waals surface area contributed by atoms with Gasteiger partial charge in [0, 0.05) is 18.4 Å². The van der Waals surface area contributed by atoms with E-state index in [9.17, 15) is 4.79 Å². The van der Waals surface area contributed by atoms with Crippen LogP contribution in [-0.2, 0) is 23.0 Å². The van der Waals surface area contributed by atoms with E-state index < -0.39 is 0 Å². The molecule has 0 saturated heterocycles. The van der Waals surface area contributed by atoms with Crippen molar-refractivity contribution >= 4 is 22.0 Å². The molecule has 3 nitrogen and oxygen atoms in total. The number of hydrogen-bond donors (Lipinski definition) is 0. The smallest absolute Gasteiger partial charge is 0.410 e. The van der Waals surface area contributed by atoms with Gasteiger partial charge in [0.25, 0.3) is 0 Å². The molecule has 0 saturated carbocycles. The molecular formula is C15H20BrNO2. The van der Waals surface area contributed by atoms with Crippen molar-refractivity contribution in [1.82, 2.24) is 4.90 Å². The first-order valence-electron chi connectivity index (χ1n) is 6.83. The molecular weight excluding hydrogens is 306 g/mol. The fraction of sp³-hybridized carbons (Fsp3) is 0.533. The first-order valence-corrected chi connectivity index (χ1v) is 7.95. The average molecular weight is 326 g/mol. The van der Waals surface area contributed by atoms with Crippen molar-refractivity contribution in [3.8, 4) is 0 Å². The van der Waals surface area contributed by atoms with Gasteiger partial charge in [-0.2, -0.15) is 0 Å². The van der Waals surface area contributed by atoms with Gasteiger partial charge >= 0.3 is 6.09 Å². The molecule has 0 radical (unpaired) electrons. The average Bonchev–Trinajstić information content (AvgIpc) is 2.46. The molecule has 2 rings (SSSR count). The molecule has 0 bridgehead atoms. The summed E-state index contributed by atoms with van der Waals surface area (Å²) in [4.78, 5) is 13.7. The number of nitrogens with zero attached hydrogens (tertiary/aromatic N) is 1. The summed E-state index contributed by atoms with van der Waals surface area (Å²) in [5.74, 6) is 0. The molecule has 1 aliphatic heterocycles. The zero-order valence-corrected chi connectivity index (χ0v) is 12.9. The van der Waals surface area contributed by atoms with E-state index in [1.54, 1.807) is 4.90 Å². The number of ether oxygens (including phenoxy) is 1. The van der Waals surface area contributed by atoms with Gasteiger partial charge in [0.15, 0.2) is 0 Å². The molecule has 0 spiro atoms. The van der Waals surface area contributed by atoms with Gasteiger partial charge in [0.1, 0.15) is 0 Å². The van der Waals surface area contributed by atoms with E-state index in [2.05, 4.69) is 41.1 Å². The van der Waals surface area contributed by atoms with Gasteiger partial charge in [0.2, 0.25) is 0 Å². The standard InChI is InChI=1S/C15H20BrNO2/c1-2-3-8-19-15(18)17-7-6-13-9-12(10-16)4-5-14(13)11-17/h4-5,9H,2-3,6-8,10-11H2,1H3. The van der Waals surface area contributed by atoms with E-state index in [1.807, 2.05) is 0 Å². The molecule has 0 unspecified atom stereocenters. The molecule has 19 heavy (non-hydrogen) atoms. The lowest BCUT2D eigenvalue weighted by Gasteiger charge is -2.28. The first-order chi connectivity index (χ1) is 9.24. The number of carbonyl (C=O) groups is 1. The number of benzene rings is 1. The number of halogens is 1. The molecule has 1 heterocycles. The Morgan fingerprint density at radius 1 is 1.42 bits per heavy atom. The van der Waals surface area contributed by atoms with Crippen molar-refractivity contribution in [2.24, 2.45) is 0 Å². The molecule has 0 N–H and O–H groups in total. The van der Waals surface area contributed by atoms with Crippen LogP contribution in [0, 0.1) is 0 Å². The number of fused-ring (bicyclic) bond motifs is 1. The van der Waals surface area contributed by atoms with Crippen molar-refractivity contribution in [3.05, 3.63) is 34.9 Å². The maximum absolute atomic E-state index is 11.9. The lowest BCUT2D eigenvalue weighted by molar-refractivity contribution is 0.0966. The van der Waals surface area contributed by atoms with E-state index in [-0.39, 0.29) is 6.09 Å². The highest BCUT2D eigenvalue weighted by molar-refractivity contribution is 9.08. The molecule has 0 aliphatic carbocycles. The van der Waals surface area contributed by atoms with E-state index >= 15 is 0 Å². The third kappa shape index (κ3) is 3.72. The summed E-state index contributed by atoms with van der Waals surface area (Å²) in [6.45, 7) is 4.04. The third-order valence-corrected chi connectivity index (χ3v) is 4.07. The van der Waals surface area contributed by atoms with Crippen LogP contribution in [-0.4, -0.2) is 24.1 Å². The fourth-order valence-electron chi connectivity index (χ4n) is 2.24. The van der Waals surface area contributed by atoms with E-state index in [0.29, 0.717) is 13.2 Å². The minimum Gasteiger partial charge on any atom is -0.449 e. The van der Waals surface area contributed by atoms with Crippen LogP contribution in [0.25, 0.3) is 0 Å². The lowest BCUT2D eigenvalue weighted by atomic mass is 9.98. The third-order valence-electron chi connectivity index (χ3n) is 3.42. The number of carbonyl (C=O) groups excluding carboxylic acids is 1. The van der Waals surface area contributed by atoms with E-state index in [0.717, 1.165) is 31.1 Å². The Bertz CT molecular complexity index is 448. The Labute approximate surface area is 123 Å². The number of unbranched alkanes of at least 4 members (excludes halogenated alkanes) is 1. The van der Waals surface area contributed by atoms with Gasteiger partial charge in [-0.25, -0.2) is 4.79 Å². The first kappa shape index (κ1) is 14.4. The highest BCUT2D eigenvalue weighted by atomic mass is 79.9. The maximum atomic E-state index is 11.9. The van der Waals surface area contributed by atoms with Gasteiger partial charge in [-0.1, -0.05) is 47.5 Å². The molecule has 0 aromatic heterocycles. The zero-order chi connectivity index (χ0) is 13.7. The number of amides is 1. The zero-order valence-electron chi connectivity index (χ0n) is 11.3. The molecule has 0 fully saturated rings. The number of rotatable bonds is 4. The normalized spacial score (nSPS) is 14.1. The summed E-state index contributed by atoms with van der Waals surface area (Å²) in [7, 11) is 0. The van der Waals surface area contributed by atoms with Gasteiger partial charge < -0.3 is 9.64 Å². The Hall–Kier alpha value is -1.03. The van der Waals surface area contributed by atoms with Crippen LogP contribution in [0.4, 0.5) is 4.79 Å². The van der Waals surface area contributed by atoms with Crippen molar-refractivity contribution in [2.75, 3.05) is 13.2 Å². The molecule has 1 amide bonds.